The van der Waals surface area contributed by atoms with Gasteiger partial charge in [0.25, 0.3) is 11.8 Å². The summed E-state index contributed by atoms with van der Waals surface area (Å²) in [4.78, 5) is 25.2. The van der Waals surface area contributed by atoms with Gasteiger partial charge in [-0.25, -0.2) is 0 Å². The monoisotopic (exact) mass is 464 g/mol. The van der Waals surface area contributed by atoms with Crippen LogP contribution in [0.3, 0.4) is 0 Å². The Morgan fingerprint density at radius 2 is 1.09 bits per heavy atom. The maximum Gasteiger partial charge on any atom is 0.255 e. The highest BCUT2D eigenvalue weighted by molar-refractivity contribution is 6.07. The van der Waals surface area contributed by atoms with Crippen LogP contribution in [0.1, 0.15) is 34.6 Å². The van der Waals surface area contributed by atoms with Gasteiger partial charge in [0.15, 0.2) is 0 Å². The van der Waals surface area contributed by atoms with Crippen LogP contribution in [0.5, 0.6) is 11.5 Å². The molecule has 0 bridgehead atoms. The highest BCUT2D eigenvalue weighted by atomic mass is 16.5. The molecule has 0 spiro atoms. The first-order chi connectivity index (χ1) is 16.3. The van der Waals surface area contributed by atoms with Gasteiger partial charge in [-0.3, -0.25) is 9.59 Å². The predicted molar refractivity (Wildman–Crippen MR) is 130 cm³/mol. The summed E-state index contributed by atoms with van der Waals surface area (Å²) in [6.45, 7) is 3.56. The van der Waals surface area contributed by atoms with E-state index in [-0.39, 0.29) is 25.0 Å². The largest absolute Gasteiger partial charge is 0.491 e. The highest BCUT2D eigenvalue weighted by Gasteiger charge is 2.11. The van der Waals surface area contributed by atoms with E-state index in [2.05, 4.69) is 10.6 Å². The molecule has 0 saturated carbocycles. The number of aliphatic hydroxyl groups excluding tert-OH is 2. The molecule has 8 nitrogen and oxygen atoms in total. The second-order valence-corrected chi connectivity index (χ2v) is 7.86. The third-order valence-corrected chi connectivity index (χ3v) is 4.58. The Labute approximate surface area is 198 Å². The summed E-state index contributed by atoms with van der Waals surface area (Å²) >= 11 is 0. The molecule has 0 aliphatic carbocycles. The number of aliphatic hydroxyl groups is 2. The second-order valence-electron chi connectivity index (χ2n) is 7.86. The predicted octanol–water partition coefficient (Wildman–Crippen LogP) is 3.71. The minimum absolute atomic E-state index is 0.153. The quantitative estimate of drug-likeness (QED) is 0.363. The topological polar surface area (TPSA) is 117 Å². The molecule has 178 valence electrons. The summed E-state index contributed by atoms with van der Waals surface area (Å²) in [6.07, 6.45) is -1.19. The molecule has 0 saturated heterocycles. The van der Waals surface area contributed by atoms with Crippen LogP contribution in [-0.4, -0.2) is 47.4 Å². The number of rotatable bonds is 10. The molecule has 8 heteroatoms. The number of ether oxygens (including phenoxy) is 2. The van der Waals surface area contributed by atoms with E-state index in [1.165, 1.54) is 0 Å². The van der Waals surface area contributed by atoms with Gasteiger partial charge in [0.1, 0.15) is 24.7 Å². The molecule has 3 aromatic rings. The van der Waals surface area contributed by atoms with Gasteiger partial charge < -0.3 is 30.3 Å². The van der Waals surface area contributed by atoms with Gasteiger partial charge in [0.05, 0.1) is 12.2 Å². The lowest BCUT2D eigenvalue weighted by Crippen LogP contribution is -2.15. The third kappa shape index (κ3) is 7.61. The Balaban J connectivity index is 1.59. The molecule has 2 atom stereocenters. The summed E-state index contributed by atoms with van der Waals surface area (Å²) in [5.74, 6) is 0.405. The average molecular weight is 465 g/mol. The van der Waals surface area contributed by atoms with Gasteiger partial charge in [-0.2, -0.15) is 0 Å². The van der Waals surface area contributed by atoms with Crippen molar-refractivity contribution in [3.63, 3.8) is 0 Å². The summed E-state index contributed by atoms with van der Waals surface area (Å²) in [5, 5.41) is 24.2. The molecule has 34 heavy (non-hydrogen) atoms. The van der Waals surface area contributed by atoms with Gasteiger partial charge in [-0.1, -0.05) is 12.1 Å². The van der Waals surface area contributed by atoms with Gasteiger partial charge in [-0.15, -0.1) is 0 Å². The van der Waals surface area contributed by atoms with Crippen molar-refractivity contribution in [2.24, 2.45) is 0 Å². The Kier molecular flexibility index (Phi) is 8.61. The van der Waals surface area contributed by atoms with Crippen molar-refractivity contribution in [3.05, 3.63) is 83.9 Å². The minimum atomic E-state index is -0.596. The summed E-state index contributed by atoms with van der Waals surface area (Å²) < 4.78 is 10.9. The number of carbonyl (C=O) groups excluding carboxylic acids is 2. The first-order valence-corrected chi connectivity index (χ1v) is 10.8. The van der Waals surface area contributed by atoms with Crippen LogP contribution in [0.4, 0.5) is 11.4 Å². The van der Waals surface area contributed by atoms with Crippen molar-refractivity contribution in [2.75, 3.05) is 23.8 Å². The number of hydrogen-bond donors (Lipinski definition) is 4. The number of hydrogen-bond acceptors (Lipinski definition) is 6. The molecule has 0 aromatic heterocycles. The van der Waals surface area contributed by atoms with Crippen molar-refractivity contribution in [3.8, 4) is 11.5 Å². The molecule has 3 rings (SSSR count). The Bertz CT molecular complexity index is 1020. The smallest absolute Gasteiger partial charge is 0.255 e. The molecule has 0 radical (unpaired) electrons. The molecule has 2 unspecified atom stereocenters. The SMILES string of the molecule is CC(O)COc1cccc(NC(=O)c2ccc(C(=O)Nc3cccc(OCC(C)O)c3)cc2)c1. The summed E-state index contributed by atoms with van der Waals surface area (Å²) in [7, 11) is 0. The van der Waals surface area contributed by atoms with Crippen molar-refractivity contribution in [1.29, 1.82) is 0 Å². The number of carbonyl (C=O) groups is 2. The van der Waals surface area contributed by atoms with Gasteiger partial charge in [0, 0.05) is 34.6 Å². The first kappa shape index (κ1) is 24.8. The van der Waals surface area contributed by atoms with Crippen LogP contribution < -0.4 is 20.1 Å². The van der Waals surface area contributed by atoms with E-state index >= 15 is 0 Å². The second kappa shape index (κ2) is 11.8. The number of anilines is 2. The van der Waals surface area contributed by atoms with Crippen LogP contribution in [0, 0.1) is 0 Å². The summed E-state index contributed by atoms with van der Waals surface area (Å²) in [5.41, 5.74) is 1.88. The Morgan fingerprint density at radius 1 is 0.706 bits per heavy atom. The highest BCUT2D eigenvalue weighted by Crippen LogP contribution is 2.20. The normalized spacial score (nSPS) is 12.4. The van der Waals surface area contributed by atoms with Gasteiger partial charge >= 0.3 is 0 Å². The lowest BCUT2D eigenvalue weighted by Gasteiger charge is -2.11. The van der Waals surface area contributed by atoms with Crippen molar-refractivity contribution < 1.29 is 29.3 Å². The molecule has 0 fully saturated rings. The Morgan fingerprint density at radius 3 is 1.44 bits per heavy atom. The fraction of sp³-hybridized carbons (Fsp3) is 0.231. The zero-order chi connectivity index (χ0) is 24.5. The molecule has 0 heterocycles. The van der Waals surface area contributed by atoms with E-state index in [9.17, 15) is 19.8 Å². The van der Waals surface area contributed by atoms with E-state index in [4.69, 9.17) is 9.47 Å². The van der Waals surface area contributed by atoms with Crippen molar-refractivity contribution in [1.82, 2.24) is 0 Å². The first-order valence-electron chi connectivity index (χ1n) is 10.8. The van der Waals surface area contributed by atoms with Crippen LogP contribution in [0.25, 0.3) is 0 Å². The van der Waals surface area contributed by atoms with Gasteiger partial charge in [-0.05, 0) is 62.4 Å². The zero-order valence-electron chi connectivity index (χ0n) is 19.0. The van der Waals surface area contributed by atoms with Crippen LogP contribution in [0.2, 0.25) is 0 Å². The van der Waals surface area contributed by atoms with Crippen molar-refractivity contribution in [2.45, 2.75) is 26.1 Å². The molecule has 0 aliphatic heterocycles. The zero-order valence-corrected chi connectivity index (χ0v) is 19.0. The van der Waals surface area contributed by atoms with E-state index in [0.29, 0.717) is 34.0 Å². The number of nitrogens with one attached hydrogen (secondary N) is 2. The molecule has 4 N–H and O–H groups in total. The lowest BCUT2D eigenvalue weighted by atomic mass is 10.1. The van der Waals surface area contributed by atoms with Crippen LogP contribution >= 0.6 is 0 Å². The number of benzene rings is 3. The maximum atomic E-state index is 12.6. The van der Waals surface area contributed by atoms with E-state index < -0.39 is 12.2 Å². The minimum Gasteiger partial charge on any atom is -0.491 e. The fourth-order valence-electron chi connectivity index (χ4n) is 2.94. The molecule has 3 aromatic carbocycles. The fourth-order valence-corrected chi connectivity index (χ4v) is 2.94. The Hall–Kier alpha value is -3.88. The van der Waals surface area contributed by atoms with E-state index in [0.717, 1.165) is 0 Å². The van der Waals surface area contributed by atoms with Crippen LogP contribution in [0.15, 0.2) is 72.8 Å². The summed E-state index contributed by atoms with van der Waals surface area (Å²) in [6, 6.07) is 20.0. The van der Waals surface area contributed by atoms with E-state index in [1.807, 2.05) is 0 Å². The maximum absolute atomic E-state index is 12.6. The molecule has 0 aliphatic rings. The molecule has 2 amide bonds. The molecular formula is C26H28N2O6. The lowest BCUT2D eigenvalue weighted by molar-refractivity contribution is 0.101. The third-order valence-electron chi connectivity index (χ3n) is 4.58. The average Bonchev–Trinajstić information content (AvgIpc) is 2.82. The van der Waals surface area contributed by atoms with E-state index in [1.54, 1.807) is 86.6 Å². The standard InChI is InChI=1S/C26H28N2O6/c1-17(29)15-33-23-7-3-5-21(13-23)27-25(31)19-9-11-20(12-10-19)26(32)28-22-6-4-8-24(14-22)34-16-18(2)30/h3-14,17-18,29-30H,15-16H2,1-2H3,(H,27,31)(H,28,32). The van der Waals surface area contributed by atoms with Gasteiger partial charge in [0.2, 0.25) is 0 Å². The number of amides is 2. The van der Waals surface area contributed by atoms with Crippen LogP contribution in [-0.2, 0) is 0 Å². The van der Waals surface area contributed by atoms with Crippen molar-refractivity contribution >= 4 is 23.2 Å². The molecular weight excluding hydrogens is 436 g/mol.